The standard InChI is InChI=1S/C17H27N3O2.ClH/c1-22-16-6-3-2-5-15(16)7-8-17(21)19-9-4-12-20-13-10-18-11-14-20;/h2-3,5-6,18H,4,7-14H2,1H3,(H,19,21);1H. The minimum absolute atomic E-state index is 0. The van der Waals surface area contributed by atoms with Crippen molar-refractivity contribution in [2.45, 2.75) is 19.3 Å². The van der Waals surface area contributed by atoms with Crippen LogP contribution in [0.5, 0.6) is 5.75 Å². The van der Waals surface area contributed by atoms with Crippen LogP contribution in [0, 0.1) is 0 Å². The summed E-state index contributed by atoms with van der Waals surface area (Å²) in [6.07, 6.45) is 2.24. The number of carbonyl (C=O) groups is 1. The van der Waals surface area contributed by atoms with Gasteiger partial charge in [-0.3, -0.25) is 4.79 Å². The van der Waals surface area contributed by atoms with Gasteiger partial charge in [-0.1, -0.05) is 18.2 Å². The minimum Gasteiger partial charge on any atom is -0.496 e. The lowest BCUT2D eigenvalue weighted by molar-refractivity contribution is -0.121. The van der Waals surface area contributed by atoms with Gasteiger partial charge in [0.25, 0.3) is 0 Å². The summed E-state index contributed by atoms with van der Waals surface area (Å²) in [5.74, 6) is 0.972. The maximum absolute atomic E-state index is 11.9. The molecule has 0 unspecified atom stereocenters. The highest BCUT2D eigenvalue weighted by Gasteiger charge is 2.09. The van der Waals surface area contributed by atoms with E-state index in [-0.39, 0.29) is 18.3 Å². The third-order valence-corrected chi connectivity index (χ3v) is 4.00. The SMILES string of the molecule is COc1ccccc1CCC(=O)NCCCN1CCNCC1.Cl. The van der Waals surface area contributed by atoms with E-state index in [1.807, 2.05) is 24.3 Å². The van der Waals surface area contributed by atoms with Crippen molar-refractivity contribution in [1.82, 2.24) is 15.5 Å². The highest BCUT2D eigenvalue weighted by molar-refractivity contribution is 5.85. The number of methoxy groups -OCH3 is 1. The van der Waals surface area contributed by atoms with Gasteiger partial charge in [-0.15, -0.1) is 12.4 Å². The highest BCUT2D eigenvalue weighted by atomic mass is 35.5. The number of nitrogens with one attached hydrogen (secondary N) is 2. The fourth-order valence-electron chi connectivity index (χ4n) is 2.71. The zero-order valence-electron chi connectivity index (χ0n) is 13.8. The van der Waals surface area contributed by atoms with E-state index in [9.17, 15) is 4.79 Å². The van der Waals surface area contributed by atoms with E-state index in [2.05, 4.69) is 15.5 Å². The molecule has 0 aromatic heterocycles. The van der Waals surface area contributed by atoms with Crippen LogP contribution in [-0.2, 0) is 11.2 Å². The highest BCUT2D eigenvalue weighted by Crippen LogP contribution is 2.18. The Balaban J connectivity index is 0.00000264. The second-order valence-electron chi connectivity index (χ2n) is 5.61. The number of rotatable bonds is 8. The Kier molecular flexibility index (Phi) is 9.67. The molecule has 1 fully saturated rings. The van der Waals surface area contributed by atoms with Crippen molar-refractivity contribution in [3.8, 4) is 5.75 Å². The van der Waals surface area contributed by atoms with E-state index in [0.717, 1.165) is 57.0 Å². The molecule has 0 spiro atoms. The van der Waals surface area contributed by atoms with Crippen LogP contribution in [0.25, 0.3) is 0 Å². The third kappa shape index (κ3) is 7.20. The number of halogens is 1. The summed E-state index contributed by atoms with van der Waals surface area (Å²) in [5.41, 5.74) is 1.08. The first-order valence-electron chi connectivity index (χ1n) is 8.11. The van der Waals surface area contributed by atoms with Gasteiger partial charge in [-0.25, -0.2) is 0 Å². The topological polar surface area (TPSA) is 53.6 Å². The number of piperazine rings is 1. The number of para-hydroxylation sites is 1. The van der Waals surface area contributed by atoms with Gasteiger partial charge in [0.2, 0.25) is 5.91 Å². The molecule has 2 N–H and O–H groups in total. The molecule has 2 rings (SSSR count). The quantitative estimate of drug-likeness (QED) is 0.703. The Morgan fingerprint density at radius 2 is 2.04 bits per heavy atom. The monoisotopic (exact) mass is 341 g/mol. The van der Waals surface area contributed by atoms with Crippen molar-refractivity contribution >= 4 is 18.3 Å². The molecule has 0 saturated carbocycles. The normalized spacial score (nSPS) is 14.8. The molecule has 1 heterocycles. The number of amides is 1. The number of carbonyl (C=O) groups excluding carboxylic acids is 1. The van der Waals surface area contributed by atoms with Gasteiger partial charge in [0.15, 0.2) is 0 Å². The summed E-state index contributed by atoms with van der Waals surface area (Å²) in [6, 6.07) is 7.86. The third-order valence-electron chi connectivity index (χ3n) is 4.00. The fourth-order valence-corrected chi connectivity index (χ4v) is 2.71. The van der Waals surface area contributed by atoms with E-state index in [1.165, 1.54) is 0 Å². The zero-order valence-corrected chi connectivity index (χ0v) is 14.7. The van der Waals surface area contributed by atoms with Crippen LogP contribution in [0.1, 0.15) is 18.4 Å². The van der Waals surface area contributed by atoms with Crippen molar-refractivity contribution in [1.29, 1.82) is 0 Å². The second-order valence-corrected chi connectivity index (χ2v) is 5.61. The molecular formula is C17H28ClN3O2. The molecule has 0 atom stereocenters. The van der Waals surface area contributed by atoms with Crippen LogP contribution < -0.4 is 15.4 Å². The molecule has 23 heavy (non-hydrogen) atoms. The zero-order chi connectivity index (χ0) is 15.6. The summed E-state index contributed by atoms with van der Waals surface area (Å²) in [4.78, 5) is 14.3. The molecule has 1 aliphatic heterocycles. The Bertz CT molecular complexity index is 465. The number of hydrogen-bond donors (Lipinski definition) is 2. The van der Waals surface area contributed by atoms with Crippen molar-refractivity contribution in [2.75, 3.05) is 46.4 Å². The van der Waals surface area contributed by atoms with Gasteiger partial charge in [0.1, 0.15) is 5.75 Å². The van der Waals surface area contributed by atoms with Crippen LogP contribution in [-0.4, -0.2) is 57.2 Å². The first-order valence-corrected chi connectivity index (χ1v) is 8.11. The van der Waals surface area contributed by atoms with Crippen molar-refractivity contribution in [3.05, 3.63) is 29.8 Å². The molecule has 1 aliphatic rings. The summed E-state index contributed by atoms with van der Waals surface area (Å²) in [5, 5.41) is 6.35. The first-order chi connectivity index (χ1) is 10.8. The smallest absolute Gasteiger partial charge is 0.220 e. The van der Waals surface area contributed by atoms with Gasteiger partial charge in [-0.05, 0) is 31.0 Å². The van der Waals surface area contributed by atoms with Gasteiger partial charge in [0.05, 0.1) is 7.11 Å². The fraction of sp³-hybridized carbons (Fsp3) is 0.588. The summed E-state index contributed by atoms with van der Waals surface area (Å²) >= 11 is 0. The van der Waals surface area contributed by atoms with Gasteiger partial charge < -0.3 is 20.3 Å². The van der Waals surface area contributed by atoms with Crippen molar-refractivity contribution in [2.24, 2.45) is 0 Å². The minimum atomic E-state index is 0. The predicted octanol–water partition coefficient (Wildman–Crippen LogP) is 1.46. The lowest BCUT2D eigenvalue weighted by atomic mass is 10.1. The Morgan fingerprint density at radius 3 is 2.78 bits per heavy atom. The molecule has 1 aromatic rings. The Hall–Kier alpha value is -1.30. The van der Waals surface area contributed by atoms with E-state index in [0.29, 0.717) is 12.8 Å². The molecule has 130 valence electrons. The van der Waals surface area contributed by atoms with E-state index in [1.54, 1.807) is 7.11 Å². The molecule has 0 radical (unpaired) electrons. The number of ether oxygens (including phenoxy) is 1. The average molecular weight is 342 g/mol. The van der Waals surface area contributed by atoms with Crippen LogP contribution in [0.2, 0.25) is 0 Å². The maximum Gasteiger partial charge on any atom is 0.220 e. The van der Waals surface area contributed by atoms with Gasteiger partial charge in [-0.2, -0.15) is 0 Å². The number of benzene rings is 1. The summed E-state index contributed by atoms with van der Waals surface area (Å²) < 4.78 is 5.30. The molecule has 0 bridgehead atoms. The molecule has 0 aliphatic carbocycles. The van der Waals surface area contributed by atoms with Gasteiger partial charge in [0, 0.05) is 39.1 Å². The number of aryl methyl sites for hydroxylation is 1. The summed E-state index contributed by atoms with van der Waals surface area (Å²) in [6.45, 7) is 6.20. The summed E-state index contributed by atoms with van der Waals surface area (Å²) in [7, 11) is 1.66. The van der Waals surface area contributed by atoms with E-state index < -0.39 is 0 Å². The van der Waals surface area contributed by atoms with E-state index >= 15 is 0 Å². The van der Waals surface area contributed by atoms with Crippen LogP contribution >= 0.6 is 12.4 Å². The maximum atomic E-state index is 11.9. The molecule has 1 amide bonds. The Labute approximate surface area is 145 Å². The molecule has 6 heteroatoms. The van der Waals surface area contributed by atoms with Crippen LogP contribution in [0.3, 0.4) is 0 Å². The number of hydrogen-bond acceptors (Lipinski definition) is 4. The second kappa shape index (κ2) is 11.3. The molecule has 1 aromatic carbocycles. The average Bonchev–Trinajstić information content (AvgIpc) is 2.58. The molecule has 5 nitrogen and oxygen atoms in total. The number of nitrogens with zero attached hydrogens (tertiary/aromatic N) is 1. The lowest BCUT2D eigenvalue weighted by Crippen LogP contribution is -2.44. The molecule has 1 saturated heterocycles. The molecular weight excluding hydrogens is 314 g/mol. The van der Waals surface area contributed by atoms with Crippen LogP contribution in [0.15, 0.2) is 24.3 Å². The predicted molar refractivity (Wildman–Crippen MR) is 95.5 cm³/mol. The van der Waals surface area contributed by atoms with Crippen molar-refractivity contribution < 1.29 is 9.53 Å². The van der Waals surface area contributed by atoms with Crippen LogP contribution in [0.4, 0.5) is 0 Å². The first kappa shape index (κ1) is 19.7. The Morgan fingerprint density at radius 1 is 1.30 bits per heavy atom. The van der Waals surface area contributed by atoms with Gasteiger partial charge >= 0.3 is 0 Å². The van der Waals surface area contributed by atoms with E-state index in [4.69, 9.17) is 4.74 Å². The largest absolute Gasteiger partial charge is 0.496 e. The lowest BCUT2D eigenvalue weighted by Gasteiger charge is -2.27. The van der Waals surface area contributed by atoms with Crippen molar-refractivity contribution in [3.63, 3.8) is 0 Å².